The highest BCUT2D eigenvalue weighted by molar-refractivity contribution is 5.85. The molecule has 0 aromatic heterocycles. The summed E-state index contributed by atoms with van der Waals surface area (Å²) in [4.78, 5) is 27.1. The highest BCUT2D eigenvalue weighted by atomic mass is 16.5. The van der Waals surface area contributed by atoms with Crippen LogP contribution in [0.4, 0.5) is 0 Å². The van der Waals surface area contributed by atoms with Crippen molar-refractivity contribution >= 4 is 11.8 Å². The first-order chi connectivity index (χ1) is 12.6. The van der Waals surface area contributed by atoms with Crippen LogP contribution < -0.4 is 10.1 Å². The van der Waals surface area contributed by atoms with Gasteiger partial charge in [0.05, 0.1) is 19.1 Å². The number of benzene rings is 1. The fourth-order valence-corrected chi connectivity index (χ4v) is 4.30. The van der Waals surface area contributed by atoms with E-state index in [0.717, 1.165) is 24.2 Å². The number of hydrogen-bond donors (Lipinski definition) is 1. The summed E-state index contributed by atoms with van der Waals surface area (Å²) >= 11 is 0. The van der Waals surface area contributed by atoms with Gasteiger partial charge in [-0.2, -0.15) is 0 Å². The molecule has 5 heteroatoms. The van der Waals surface area contributed by atoms with E-state index < -0.39 is 0 Å². The Morgan fingerprint density at radius 2 is 1.73 bits per heavy atom. The standard InChI is InChI=1S/C21H30N2O3/c1-23-19(24)14-13-18(20(23)15-9-11-17(26-2)12-10-15)21(25)22-16-7-5-3-4-6-8-16/h9-12,16,18,20H,3-8,13-14H2,1-2H3,(H,22,25)/t18-,20+/m1/s1. The minimum atomic E-state index is -0.215. The van der Waals surface area contributed by atoms with Gasteiger partial charge in [0.25, 0.3) is 0 Å². The van der Waals surface area contributed by atoms with Gasteiger partial charge in [-0.05, 0) is 37.0 Å². The summed E-state index contributed by atoms with van der Waals surface area (Å²) in [6.45, 7) is 0. The van der Waals surface area contributed by atoms with E-state index in [1.54, 1.807) is 12.0 Å². The van der Waals surface area contributed by atoms with E-state index >= 15 is 0 Å². The lowest BCUT2D eigenvalue weighted by molar-refractivity contribution is -0.141. The summed E-state index contributed by atoms with van der Waals surface area (Å²) in [6, 6.07) is 7.78. The number of nitrogens with one attached hydrogen (secondary N) is 1. The maximum absolute atomic E-state index is 13.1. The van der Waals surface area contributed by atoms with Crippen LogP contribution in [-0.4, -0.2) is 36.9 Å². The monoisotopic (exact) mass is 358 g/mol. The van der Waals surface area contributed by atoms with Crippen molar-refractivity contribution in [2.24, 2.45) is 5.92 Å². The van der Waals surface area contributed by atoms with Gasteiger partial charge in [-0.1, -0.05) is 37.8 Å². The van der Waals surface area contributed by atoms with E-state index in [2.05, 4.69) is 5.32 Å². The van der Waals surface area contributed by atoms with Crippen LogP contribution in [0, 0.1) is 5.92 Å². The molecule has 0 spiro atoms. The molecule has 2 atom stereocenters. The zero-order chi connectivity index (χ0) is 18.5. The first-order valence-corrected chi connectivity index (χ1v) is 9.80. The molecule has 2 fully saturated rings. The van der Waals surface area contributed by atoms with Crippen LogP contribution in [0.5, 0.6) is 5.75 Å². The number of rotatable bonds is 4. The number of likely N-dealkylation sites (tertiary alicyclic amines) is 1. The van der Waals surface area contributed by atoms with Crippen LogP contribution in [0.1, 0.15) is 63.0 Å². The van der Waals surface area contributed by atoms with E-state index in [1.807, 2.05) is 31.3 Å². The topological polar surface area (TPSA) is 58.6 Å². The van der Waals surface area contributed by atoms with Crippen LogP contribution in [0.2, 0.25) is 0 Å². The molecule has 0 unspecified atom stereocenters. The second-order valence-corrected chi connectivity index (χ2v) is 7.56. The second kappa shape index (κ2) is 8.56. The van der Waals surface area contributed by atoms with Crippen molar-refractivity contribution in [1.82, 2.24) is 10.2 Å². The number of hydrogen-bond acceptors (Lipinski definition) is 3. The number of piperidine rings is 1. The zero-order valence-corrected chi connectivity index (χ0v) is 15.9. The van der Waals surface area contributed by atoms with Crippen molar-refractivity contribution in [1.29, 1.82) is 0 Å². The van der Waals surface area contributed by atoms with Gasteiger partial charge in [-0.25, -0.2) is 0 Å². The lowest BCUT2D eigenvalue weighted by Crippen LogP contribution is -2.48. The minimum Gasteiger partial charge on any atom is -0.497 e. The molecule has 2 amide bonds. The molecule has 5 nitrogen and oxygen atoms in total. The summed E-state index contributed by atoms with van der Waals surface area (Å²) < 4.78 is 5.23. The van der Waals surface area contributed by atoms with Crippen LogP contribution in [0.3, 0.4) is 0 Å². The van der Waals surface area contributed by atoms with Crippen LogP contribution in [0.25, 0.3) is 0 Å². The summed E-state index contributed by atoms with van der Waals surface area (Å²) in [5.41, 5.74) is 0.988. The first-order valence-electron chi connectivity index (χ1n) is 9.80. The van der Waals surface area contributed by atoms with Gasteiger partial charge in [0, 0.05) is 19.5 Å². The van der Waals surface area contributed by atoms with Gasteiger partial charge in [0.15, 0.2) is 0 Å². The minimum absolute atomic E-state index is 0.0945. The molecule has 26 heavy (non-hydrogen) atoms. The third-order valence-electron chi connectivity index (χ3n) is 5.86. The molecule has 1 aliphatic carbocycles. The van der Waals surface area contributed by atoms with Gasteiger partial charge in [-0.3, -0.25) is 9.59 Å². The Labute approximate surface area is 156 Å². The average molecular weight is 358 g/mol. The number of ether oxygens (including phenoxy) is 1. The molecular formula is C21H30N2O3. The highest BCUT2D eigenvalue weighted by Gasteiger charge is 2.39. The van der Waals surface area contributed by atoms with Gasteiger partial charge in [0.1, 0.15) is 5.75 Å². The zero-order valence-electron chi connectivity index (χ0n) is 15.9. The summed E-state index contributed by atoms with van der Waals surface area (Å²) in [6.07, 6.45) is 8.10. The molecule has 1 aromatic rings. The summed E-state index contributed by atoms with van der Waals surface area (Å²) in [5.74, 6) is 0.772. The van der Waals surface area contributed by atoms with Crippen molar-refractivity contribution in [3.63, 3.8) is 0 Å². The second-order valence-electron chi connectivity index (χ2n) is 7.56. The van der Waals surface area contributed by atoms with Crippen molar-refractivity contribution in [3.8, 4) is 5.75 Å². The number of nitrogens with zero attached hydrogens (tertiary/aromatic N) is 1. The molecule has 1 saturated carbocycles. The molecular weight excluding hydrogens is 328 g/mol. The summed E-state index contributed by atoms with van der Waals surface area (Å²) in [5, 5.41) is 3.28. The predicted molar refractivity (Wildman–Crippen MR) is 101 cm³/mol. The third-order valence-corrected chi connectivity index (χ3v) is 5.86. The van der Waals surface area contributed by atoms with Crippen molar-refractivity contribution in [3.05, 3.63) is 29.8 Å². The predicted octanol–water partition coefficient (Wildman–Crippen LogP) is 3.44. The average Bonchev–Trinajstić information content (AvgIpc) is 2.92. The molecule has 1 saturated heterocycles. The summed E-state index contributed by atoms with van der Waals surface area (Å²) in [7, 11) is 3.44. The quantitative estimate of drug-likeness (QED) is 0.839. The van der Waals surface area contributed by atoms with E-state index in [9.17, 15) is 9.59 Å². The van der Waals surface area contributed by atoms with E-state index in [1.165, 1.54) is 25.7 Å². The lowest BCUT2D eigenvalue weighted by Gasteiger charge is -2.39. The molecule has 0 radical (unpaired) electrons. The van der Waals surface area contributed by atoms with Crippen LogP contribution >= 0.6 is 0 Å². The van der Waals surface area contributed by atoms with Crippen molar-refractivity contribution in [2.75, 3.05) is 14.2 Å². The van der Waals surface area contributed by atoms with E-state index in [-0.39, 0.29) is 29.8 Å². The van der Waals surface area contributed by atoms with Gasteiger partial charge in [-0.15, -0.1) is 0 Å². The molecule has 2 aliphatic rings. The maximum Gasteiger partial charge on any atom is 0.225 e. The number of amides is 2. The Hall–Kier alpha value is -2.04. The molecule has 0 bridgehead atoms. The first kappa shape index (κ1) is 18.7. The Balaban J connectivity index is 1.77. The molecule has 3 rings (SSSR count). The molecule has 1 N–H and O–H groups in total. The van der Waals surface area contributed by atoms with Crippen molar-refractivity contribution in [2.45, 2.75) is 63.5 Å². The maximum atomic E-state index is 13.1. The number of methoxy groups -OCH3 is 1. The normalized spacial score (nSPS) is 24.8. The molecule has 1 aromatic carbocycles. The van der Waals surface area contributed by atoms with Gasteiger partial charge < -0.3 is 15.0 Å². The Kier molecular flexibility index (Phi) is 6.17. The SMILES string of the molecule is COc1ccc([C@H]2[C@H](C(=O)NC3CCCCCC3)CCC(=O)N2C)cc1. The van der Waals surface area contributed by atoms with Gasteiger partial charge in [0.2, 0.25) is 11.8 Å². The molecule has 142 valence electrons. The lowest BCUT2D eigenvalue weighted by atomic mass is 9.83. The fraction of sp³-hybridized carbons (Fsp3) is 0.619. The third kappa shape index (κ3) is 4.19. The van der Waals surface area contributed by atoms with E-state index in [0.29, 0.717) is 12.8 Å². The Bertz CT molecular complexity index is 621. The largest absolute Gasteiger partial charge is 0.497 e. The smallest absolute Gasteiger partial charge is 0.225 e. The van der Waals surface area contributed by atoms with Crippen LogP contribution in [-0.2, 0) is 9.59 Å². The van der Waals surface area contributed by atoms with Crippen molar-refractivity contribution < 1.29 is 14.3 Å². The molecule has 1 aliphatic heterocycles. The number of carbonyl (C=O) groups is 2. The Morgan fingerprint density at radius 1 is 1.08 bits per heavy atom. The molecule has 1 heterocycles. The fourth-order valence-electron chi connectivity index (χ4n) is 4.30. The van der Waals surface area contributed by atoms with E-state index in [4.69, 9.17) is 4.74 Å². The highest BCUT2D eigenvalue weighted by Crippen LogP contribution is 2.36. The number of carbonyl (C=O) groups excluding carboxylic acids is 2. The Morgan fingerprint density at radius 3 is 2.35 bits per heavy atom. The van der Waals surface area contributed by atoms with Crippen LogP contribution in [0.15, 0.2) is 24.3 Å². The van der Waals surface area contributed by atoms with Gasteiger partial charge >= 0.3 is 0 Å².